The van der Waals surface area contributed by atoms with Crippen LogP contribution in [0.3, 0.4) is 0 Å². The molecule has 114 valence electrons. The third-order valence-electron chi connectivity index (χ3n) is 4.17. The number of ketones is 1. The largest absolute Gasteiger partial charge is 0.465 e. The van der Waals surface area contributed by atoms with Crippen molar-refractivity contribution in [2.75, 3.05) is 6.61 Å². The molecule has 1 N–H and O–H groups in total. The highest BCUT2D eigenvalue weighted by molar-refractivity contribution is 6.04. The summed E-state index contributed by atoms with van der Waals surface area (Å²) < 4.78 is 5.17. The first-order chi connectivity index (χ1) is 10.1. The van der Waals surface area contributed by atoms with Gasteiger partial charge in [-0.25, -0.2) is 0 Å². The lowest BCUT2D eigenvalue weighted by molar-refractivity contribution is -0.162. The van der Waals surface area contributed by atoms with E-state index in [0.717, 1.165) is 24.0 Å². The van der Waals surface area contributed by atoms with Gasteiger partial charge in [-0.1, -0.05) is 30.7 Å². The number of esters is 1. The van der Waals surface area contributed by atoms with E-state index in [0.29, 0.717) is 19.3 Å². The Morgan fingerprint density at radius 2 is 1.90 bits per heavy atom. The number of aliphatic hydroxyl groups excluding tert-OH is 1. The van der Waals surface area contributed by atoms with E-state index in [2.05, 4.69) is 0 Å². The average molecular weight is 290 g/mol. The van der Waals surface area contributed by atoms with Crippen molar-refractivity contribution in [3.05, 3.63) is 35.4 Å². The standard InChI is InChI=1S/C17H22O4/c1-2-21-16(20)17(10-4-3-5-15(17)19)11-13-6-8-14(12-18)9-7-13/h6-9,18H,2-5,10-12H2,1H3. The second-order valence-electron chi connectivity index (χ2n) is 5.58. The second kappa shape index (κ2) is 6.85. The zero-order valence-corrected chi connectivity index (χ0v) is 12.4. The summed E-state index contributed by atoms with van der Waals surface area (Å²) in [7, 11) is 0. The van der Waals surface area contributed by atoms with Crippen LogP contribution in [0.15, 0.2) is 24.3 Å². The SMILES string of the molecule is CCOC(=O)C1(Cc2ccc(CO)cc2)CCCCC1=O. The van der Waals surface area contributed by atoms with Gasteiger partial charge in [0.05, 0.1) is 13.2 Å². The highest BCUT2D eigenvalue weighted by atomic mass is 16.5. The van der Waals surface area contributed by atoms with Gasteiger partial charge in [-0.2, -0.15) is 0 Å². The Balaban J connectivity index is 2.26. The fourth-order valence-electron chi connectivity index (χ4n) is 2.95. The normalized spacial score (nSPS) is 22.1. The molecular formula is C17H22O4. The van der Waals surface area contributed by atoms with Crippen molar-refractivity contribution >= 4 is 11.8 Å². The van der Waals surface area contributed by atoms with Crippen molar-refractivity contribution in [2.45, 2.75) is 45.6 Å². The van der Waals surface area contributed by atoms with Crippen molar-refractivity contribution in [1.82, 2.24) is 0 Å². The van der Waals surface area contributed by atoms with Crippen LogP contribution in [0.5, 0.6) is 0 Å². The van der Waals surface area contributed by atoms with Gasteiger partial charge in [-0.15, -0.1) is 0 Å². The molecule has 1 saturated carbocycles. The molecule has 0 bridgehead atoms. The predicted octanol–water partition coefficient (Wildman–Crippen LogP) is 2.41. The predicted molar refractivity (Wildman–Crippen MR) is 78.6 cm³/mol. The number of carbonyl (C=O) groups is 2. The molecule has 1 aliphatic carbocycles. The lowest BCUT2D eigenvalue weighted by Gasteiger charge is -2.33. The van der Waals surface area contributed by atoms with Crippen LogP contribution in [0, 0.1) is 5.41 Å². The summed E-state index contributed by atoms with van der Waals surface area (Å²) >= 11 is 0. The lowest BCUT2D eigenvalue weighted by atomic mass is 9.69. The van der Waals surface area contributed by atoms with E-state index >= 15 is 0 Å². The minimum atomic E-state index is -1.02. The quantitative estimate of drug-likeness (QED) is 0.668. The van der Waals surface area contributed by atoms with Crippen LogP contribution in [-0.2, 0) is 27.4 Å². The van der Waals surface area contributed by atoms with Gasteiger partial charge < -0.3 is 9.84 Å². The molecule has 0 aliphatic heterocycles. The van der Waals surface area contributed by atoms with Crippen molar-refractivity contribution < 1.29 is 19.4 Å². The fourth-order valence-corrected chi connectivity index (χ4v) is 2.95. The highest BCUT2D eigenvalue weighted by Crippen LogP contribution is 2.38. The van der Waals surface area contributed by atoms with Gasteiger partial charge in [-0.3, -0.25) is 9.59 Å². The minimum absolute atomic E-state index is 0.00145. The van der Waals surface area contributed by atoms with Crippen LogP contribution < -0.4 is 0 Å². The molecule has 1 aliphatic rings. The van der Waals surface area contributed by atoms with Gasteiger partial charge in [0.15, 0.2) is 5.78 Å². The number of hydrogen-bond acceptors (Lipinski definition) is 4. The molecule has 2 rings (SSSR count). The maximum atomic E-state index is 12.4. The van der Waals surface area contributed by atoms with Gasteiger partial charge in [0, 0.05) is 6.42 Å². The van der Waals surface area contributed by atoms with Crippen LogP contribution in [0.25, 0.3) is 0 Å². The molecule has 4 nitrogen and oxygen atoms in total. The number of hydrogen-bond donors (Lipinski definition) is 1. The summed E-state index contributed by atoms with van der Waals surface area (Å²) in [6.45, 7) is 2.04. The van der Waals surface area contributed by atoms with Gasteiger partial charge in [0.2, 0.25) is 0 Å². The van der Waals surface area contributed by atoms with Crippen LogP contribution in [0.4, 0.5) is 0 Å². The zero-order chi connectivity index (χ0) is 15.3. The summed E-state index contributed by atoms with van der Waals surface area (Å²) in [5, 5.41) is 9.07. The molecule has 1 atom stereocenters. The first-order valence-corrected chi connectivity index (χ1v) is 7.51. The Kier molecular flexibility index (Phi) is 5.12. The molecule has 0 aromatic heterocycles. The maximum Gasteiger partial charge on any atom is 0.319 e. The Morgan fingerprint density at radius 3 is 2.48 bits per heavy atom. The summed E-state index contributed by atoms with van der Waals surface area (Å²) in [4.78, 5) is 24.8. The van der Waals surface area contributed by atoms with Gasteiger partial charge in [0.25, 0.3) is 0 Å². The van der Waals surface area contributed by atoms with E-state index in [-0.39, 0.29) is 25.0 Å². The van der Waals surface area contributed by atoms with E-state index in [1.54, 1.807) is 6.92 Å². The molecule has 1 aromatic carbocycles. The monoisotopic (exact) mass is 290 g/mol. The summed E-state index contributed by atoms with van der Waals surface area (Å²) in [6.07, 6.45) is 3.12. The number of carbonyl (C=O) groups excluding carboxylic acids is 2. The van der Waals surface area contributed by atoms with Crippen molar-refractivity contribution in [1.29, 1.82) is 0 Å². The average Bonchev–Trinajstić information content (AvgIpc) is 2.50. The molecule has 0 radical (unpaired) electrons. The summed E-state index contributed by atoms with van der Waals surface area (Å²) in [6, 6.07) is 7.38. The van der Waals surface area contributed by atoms with E-state index in [9.17, 15) is 9.59 Å². The van der Waals surface area contributed by atoms with E-state index in [4.69, 9.17) is 9.84 Å². The number of aliphatic hydroxyl groups is 1. The summed E-state index contributed by atoms with van der Waals surface area (Å²) in [5.74, 6) is -0.389. The zero-order valence-electron chi connectivity index (χ0n) is 12.4. The molecule has 4 heteroatoms. The van der Waals surface area contributed by atoms with Crippen LogP contribution in [0.1, 0.15) is 43.7 Å². The van der Waals surface area contributed by atoms with Gasteiger partial charge >= 0.3 is 5.97 Å². The molecule has 1 fully saturated rings. The number of benzene rings is 1. The summed E-state index contributed by atoms with van der Waals surface area (Å²) in [5.41, 5.74) is 0.726. The Hall–Kier alpha value is -1.68. The third kappa shape index (κ3) is 3.32. The van der Waals surface area contributed by atoms with Crippen LogP contribution >= 0.6 is 0 Å². The maximum absolute atomic E-state index is 12.4. The Bertz CT molecular complexity index is 506. The first kappa shape index (κ1) is 15.7. The Labute approximate surface area is 125 Å². The van der Waals surface area contributed by atoms with E-state index in [1.165, 1.54) is 0 Å². The van der Waals surface area contributed by atoms with Crippen molar-refractivity contribution in [2.24, 2.45) is 5.41 Å². The topological polar surface area (TPSA) is 63.6 Å². The minimum Gasteiger partial charge on any atom is -0.465 e. The first-order valence-electron chi connectivity index (χ1n) is 7.51. The van der Waals surface area contributed by atoms with E-state index < -0.39 is 5.41 Å². The highest BCUT2D eigenvalue weighted by Gasteiger charge is 2.47. The fraction of sp³-hybridized carbons (Fsp3) is 0.529. The molecule has 0 saturated heterocycles. The number of Topliss-reactive ketones (excluding diaryl/α,β-unsaturated/α-hetero) is 1. The number of rotatable bonds is 5. The number of ether oxygens (including phenoxy) is 1. The van der Waals surface area contributed by atoms with Crippen LogP contribution in [-0.4, -0.2) is 23.5 Å². The molecule has 0 heterocycles. The smallest absolute Gasteiger partial charge is 0.319 e. The van der Waals surface area contributed by atoms with E-state index in [1.807, 2.05) is 24.3 Å². The van der Waals surface area contributed by atoms with Gasteiger partial charge in [0.1, 0.15) is 5.41 Å². The van der Waals surface area contributed by atoms with Crippen LogP contribution in [0.2, 0.25) is 0 Å². The molecule has 0 amide bonds. The lowest BCUT2D eigenvalue weighted by Crippen LogP contribution is -2.44. The molecule has 21 heavy (non-hydrogen) atoms. The van der Waals surface area contributed by atoms with Gasteiger partial charge in [-0.05, 0) is 37.3 Å². The Morgan fingerprint density at radius 1 is 1.24 bits per heavy atom. The molecule has 1 unspecified atom stereocenters. The molecule has 0 spiro atoms. The molecular weight excluding hydrogens is 268 g/mol. The third-order valence-corrected chi connectivity index (χ3v) is 4.17. The van der Waals surface area contributed by atoms with Crippen molar-refractivity contribution in [3.63, 3.8) is 0 Å². The molecule has 1 aromatic rings. The second-order valence-corrected chi connectivity index (χ2v) is 5.58. The van der Waals surface area contributed by atoms with Crippen molar-refractivity contribution in [3.8, 4) is 0 Å².